The number of hydrogen-bond acceptors (Lipinski definition) is 5. The number of likely N-dealkylation sites (tertiary alicyclic amines) is 1. The molecule has 0 aromatic heterocycles. The lowest BCUT2D eigenvalue weighted by atomic mass is 10.1. The zero-order valence-corrected chi connectivity index (χ0v) is 12.2. The van der Waals surface area contributed by atoms with E-state index in [9.17, 15) is 9.59 Å². The summed E-state index contributed by atoms with van der Waals surface area (Å²) in [6, 6.07) is 4.72. The number of nitrogens with zero attached hydrogens (tertiary/aromatic N) is 1. The Kier molecular flexibility index (Phi) is 4.80. The van der Waals surface area contributed by atoms with Gasteiger partial charge in [-0.15, -0.1) is 0 Å². The predicted molar refractivity (Wildman–Crippen MR) is 76.1 cm³/mol. The second-order valence-electron chi connectivity index (χ2n) is 5.09. The van der Waals surface area contributed by atoms with Gasteiger partial charge in [-0.1, -0.05) is 6.07 Å². The first-order valence-corrected chi connectivity index (χ1v) is 6.82. The molecular weight excluding hydrogens is 274 g/mol. The third-order valence-corrected chi connectivity index (χ3v) is 3.58. The molecule has 0 spiro atoms. The molecule has 1 saturated heterocycles. The van der Waals surface area contributed by atoms with Crippen molar-refractivity contribution in [3.8, 4) is 11.5 Å². The second kappa shape index (κ2) is 6.58. The Balaban J connectivity index is 2.21. The number of methoxy groups -OCH3 is 1. The van der Waals surface area contributed by atoms with Crippen molar-refractivity contribution < 1.29 is 24.2 Å². The first-order valence-electron chi connectivity index (χ1n) is 6.82. The summed E-state index contributed by atoms with van der Waals surface area (Å²) >= 11 is 0. The van der Waals surface area contributed by atoms with E-state index in [1.807, 2.05) is 0 Å². The maximum Gasteiger partial charge on any atom is 0.377 e. The number of carboxylic acids is 1. The lowest BCUT2D eigenvalue weighted by Crippen LogP contribution is -2.35. The summed E-state index contributed by atoms with van der Waals surface area (Å²) < 4.78 is 11.1. The van der Waals surface area contributed by atoms with Crippen LogP contribution in [0.25, 0.3) is 0 Å². The first kappa shape index (κ1) is 15.3. The van der Waals surface area contributed by atoms with Crippen LogP contribution in [0.4, 0.5) is 0 Å². The highest BCUT2D eigenvalue weighted by Crippen LogP contribution is 2.33. The van der Waals surface area contributed by atoms with Gasteiger partial charge in [0.15, 0.2) is 11.5 Å². The lowest BCUT2D eigenvalue weighted by molar-refractivity contribution is -0.131. The summed E-state index contributed by atoms with van der Waals surface area (Å²) in [5, 5.41) is 8.85. The zero-order valence-electron chi connectivity index (χ0n) is 12.2. The van der Waals surface area contributed by atoms with E-state index >= 15 is 0 Å². The fourth-order valence-corrected chi connectivity index (χ4v) is 2.40. The number of ether oxygens (including phenoxy) is 2. The van der Waals surface area contributed by atoms with Crippen molar-refractivity contribution in [3.05, 3.63) is 23.8 Å². The van der Waals surface area contributed by atoms with Crippen LogP contribution in [0.1, 0.15) is 23.2 Å². The van der Waals surface area contributed by atoms with Crippen LogP contribution in [0.2, 0.25) is 0 Å². The minimum atomic E-state index is -1.51. The number of carbonyl (C=O) groups excluding carboxylic acids is 1. The van der Waals surface area contributed by atoms with Crippen LogP contribution in [-0.4, -0.2) is 55.1 Å². The minimum absolute atomic E-state index is 0.00966. The molecule has 0 saturated carbocycles. The second-order valence-corrected chi connectivity index (χ2v) is 5.09. The Labute approximate surface area is 123 Å². The van der Waals surface area contributed by atoms with E-state index in [1.165, 1.54) is 13.2 Å². The quantitative estimate of drug-likeness (QED) is 0.654. The Morgan fingerprint density at radius 3 is 2.52 bits per heavy atom. The molecule has 1 N–H and O–H groups in total. The highest BCUT2D eigenvalue weighted by Gasteiger charge is 2.24. The topological polar surface area (TPSA) is 76.1 Å². The van der Waals surface area contributed by atoms with Crippen molar-refractivity contribution in [3.63, 3.8) is 0 Å². The van der Waals surface area contributed by atoms with Gasteiger partial charge in [-0.2, -0.15) is 0 Å². The van der Waals surface area contributed by atoms with E-state index < -0.39 is 11.8 Å². The molecule has 6 nitrogen and oxygen atoms in total. The summed E-state index contributed by atoms with van der Waals surface area (Å²) in [6.07, 6.45) is 1.82. The normalized spacial score (nSPS) is 16.5. The number of benzene rings is 1. The number of para-hydroxylation sites is 1. The van der Waals surface area contributed by atoms with E-state index in [1.54, 1.807) is 12.1 Å². The van der Waals surface area contributed by atoms with Gasteiger partial charge in [0.25, 0.3) is 5.78 Å². The van der Waals surface area contributed by atoms with Gasteiger partial charge in [0.05, 0.1) is 12.7 Å². The number of rotatable bonds is 5. The van der Waals surface area contributed by atoms with Crippen molar-refractivity contribution in [2.24, 2.45) is 0 Å². The van der Waals surface area contributed by atoms with Gasteiger partial charge in [0.1, 0.15) is 6.10 Å². The number of ketones is 1. The molecule has 1 aliphatic heterocycles. The average molecular weight is 293 g/mol. The fraction of sp³-hybridized carbons (Fsp3) is 0.467. The van der Waals surface area contributed by atoms with E-state index in [2.05, 4.69) is 11.9 Å². The van der Waals surface area contributed by atoms with Crippen LogP contribution in [0.15, 0.2) is 18.2 Å². The van der Waals surface area contributed by atoms with Gasteiger partial charge >= 0.3 is 5.97 Å². The standard InChI is InChI=1S/C15H19NO5/c1-16-8-6-10(7-9-16)21-12-5-3-4-11(14(12)20-2)13(17)15(18)19/h3-5,10H,6-9H2,1-2H3,(H,18,19). The summed E-state index contributed by atoms with van der Waals surface area (Å²) in [7, 11) is 3.46. The van der Waals surface area contributed by atoms with Crippen LogP contribution in [0.3, 0.4) is 0 Å². The van der Waals surface area contributed by atoms with E-state index in [-0.39, 0.29) is 17.4 Å². The molecule has 0 aliphatic carbocycles. The van der Waals surface area contributed by atoms with E-state index in [4.69, 9.17) is 14.6 Å². The molecule has 0 atom stereocenters. The first-order chi connectivity index (χ1) is 10.0. The molecule has 1 aliphatic rings. The zero-order chi connectivity index (χ0) is 15.4. The largest absolute Gasteiger partial charge is 0.492 e. The van der Waals surface area contributed by atoms with Crippen molar-refractivity contribution in [2.75, 3.05) is 27.2 Å². The molecular formula is C15H19NO5. The molecule has 1 aromatic rings. The molecule has 2 rings (SSSR count). The Morgan fingerprint density at radius 2 is 1.95 bits per heavy atom. The molecule has 0 unspecified atom stereocenters. The summed E-state index contributed by atoms with van der Waals surface area (Å²) in [4.78, 5) is 24.7. The maximum atomic E-state index is 11.7. The Hall–Kier alpha value is -2.08. The summed E-state index contributed by atoms with van der Waals surface area (Å²) in [5.41, 5.74) is 0.00966. The molecule has 6 heteroatoms. The van der Waals surface area contributed by atoms with E-state index in [0.717, 1.165) is 25.9 Å². The minimum Gasteiger partial charge on any atom is -0.492 e. The van der Waals surface area contributed by atoms with Crippen molar-refractivity contribution >= 4 is 11.8 Å². The highest BCUT2D eigenvalue weighted by molar-refractivity contribution is 6.40. The number of piperidine rings is 1. The van der Waals surface area contributed by atoms with Crippen LogP contribution >= 0.6 is 0 Å². The lowest BCUT2D eigenvalue weighted by Gasteiger charge is -2.29. The molecule has 1 fully saturated rings. The molecule has 1 aromatic carbocycles. The van der Waals surface area contributed by atoms with Gasteiger partial charge in [-0.3, -0.25) is 4.79 Å². The predicted octanol–water partition coefficient (Wildman–Crippen LogP) is 1.44. The monoisotopic (exact) mass is 293 g/mol. The van der Waals surface area contributed by atoms with Crippen LogP contribution in [-0.2, 0) is 4.79 Å². The van der Waals surface area contributed by atoms with Gasteiger partial charge < -0.3 is 19.5 Å². The fourth-order valence-electron chi connectivity index (χ4n) is 2.40. The Morgan fingerprint density at radius 1 is 1.29 bits per heavy atom. The highest BCUT2D eigenvalue weighted by atomic mass is 16.5. The molecule has 0 amide bonds. The molecule has 114 valence electrons. The van der Waals surface area contributed by atoms with Gasteiger partial charge in [0, 0.05) is 13.1 Å². The Bertz CT molecular complexity index is 535. The number of carbonyl (C=O) groups is 2. The van der Waals surface area contributed by atoms with Gasteiger partial charge in [-0.25, -0.2) is 4.79 Å². The van der Waals surface area contributed by atoms with Gasteiger partial charge in [0.2, 0.25) is 0 Å². The SMILES string of the molecule is COc1c(OC2CCN(C)CC2)cccc1C(=O)C(=O)O. The molecule has 0 radical (unpaired) electrons. The number of aliphatic carboxylic acids is 1. The third kappa shape index (κ3) is 3.52. The number of hydrogen-bond donors (Lipinski definition) is 1. The number of Topliss-reactive ketones (excluding diaryl/α,β-unsaturated/α-hetero) is 1. The average Bonchev–Trinajstić information content (AvgIpc) is 2.48. The van der Waals surface area contributed by atoms with Crippen molar-refractivity contribution in [1.29, 1.82) is 0 Å². The van der Waals surface area contributed by atoms with Crippen molar-refractivity contribution in [1.82, 2.24) is 4.90 Å². The van der Waals surface area contributed by atoms with Crippen LogP contribution in [0.5, 0.6) is 11.5 Å². The molecule has 1 heterocycles. The third-order valence-electron chi connectivity index (χ3n) is 3.58. The van der Waals surface area contributed by atoms with E-state index in [0.29, 0.717) is 5.75 Å². The van der Waals surface area contributed by atoms with Gasteiger partial charge in [-0.05, 0) is 32.0 Å². The molecule has 0 bridgehead atoms. The van der Waals surface area contributed by atoms with Crippen LogP contribution in [0, 0.1) is 0 Å². The van der Waals surface area contributed by atoms with Crippen molar-refractivity contribution in [2.45, 2.75) is 18.9 Å². The number of carboxylic acid groups (broad SMARTS) is 1. The summed E-state index contributed by atoms with van der Waals surface area (Å²) in [5.74, 6) is -1.91. The molecule has 21 heavy (non-hydrogen) atoms. The van der Waals surface area contributed by atoms with Crippen LogP contribution < -0.4 is 9.47 Å². The summed E-state index contributed by atoms with van der Waals surface area (Å²) in [6.45, 7) is 1.89. The maximum absolute atomic E-state index is 11.7. The smallest absolute Gasteiger partial charge is 0.377 e.